The van der Waals surface area contributed by atoms with Crippen LogP contribution >= 0.6 is 0 Å². The van der Waals surface area contributed by atoms with Crippen LogP contribution in [-0.2, 0) is 26.2 Å². The van der Waals surface area contributed by atoms with Crippen LogP contribution in [0, 0.1) is 6.08 Å². The fourth-order valence-electron chi connectivity index (χ4n) is 0.340. The van der Waals surface area contributed by atoms with Crippen LogP contribution in [0.15, 0.2) is 18.2 Å². The van der Waals surface area contributed by atoms with E-state index in [4.69, 9.17) is 15.3 Å². The molecule has 1 aliphatic carbocycles. The molecule has 0 unspecified atom stereocenters. The van der Waals surface area contributed by atoms with Gasteiger partial charge in [0.2, 0.25) is 0 Å². The molecule has 0 aliphatic heterocycles. The smallest absolute Gasteiger partial charge is 0 e. The quantitative estimate of drug-likeness (QED) is 0.460. The molecule has 0 saturated heterocycles. The van der Waals surface area contributed by atoms with Gasteiger partial charge < -0.3 is 15.3 Å². The molecule has 0 aromatic carbocycles. The van der Waals surface area contributed by atoms with Crippen LogP contribution in [0.5, 0.6) is 0 Å². The van der Waals surface area contributed by atoms with E-state index in [9.17, 15) is 7.00 Å². The summed E-state index contributed by atoms with van der Waals surface area (Å²) in [6.45, 7) is 6.75. The zero-order valence-corrected chi connectivity index (χ0v) is 18.2. The second kappa shape index (κ2) is 49.8. The molecule has 0 aromatic heterocycles. The van der Waals surface area contributed by atoms with Gasteiger partial charge in [-0.15, -0.1) is 6.42 Å². The SMILES string of the molecule is CCCO.CCCO.CCCO.[C-]1=CC=CC1.[F][GeH][F].[Zr]. The summed E-state index contributed by atoms with van der Waals surface area (Å²) in [5.74, 6) is 0. The van der Waals surface area contributed by atoms with Gasteiger partial charge in [-0.05, 0) is 19.3 Å². The van der Waals surface area contributed by atoms with E-state index >= 15 is 0 Å². The Morgan fingerprint density at radius 2 is 1.24 bits per heavy atom. The van der Waals surface area contributed by atoms with E-state index in [0.717, 1.165) is 25.7 Å². The average molecular weight is 448 g/mol. The molecule has 1 rings (SSSR count). The first kappa shape index (κ1) is 33.3. The first-order valence-electron chi connectivity index (χ1n) is 6.72. The topological polar surface area (TPSA) is 60.7 Å². The molecule has 127 valence electrons. The molecule has 0 atom stereocenters. The molecule has 0 heterocycles. The van der Waals surface area contributed by atoms with Gasteiger partial charge in [0.1, 0.15) is 0 Å². The second-order valence-electron chi connectivity index (χ2n) is 3.26. The molecule has 1 aliphatic rings. The second-order valence-corrected chi connectivity index (χ2v) is 3.60. The molecule has 0 fully saturated rings. The molecule has 0 saturated carbocycles. The minimum atomic E-state index is -2.69. The third kappa shape index (κ3) is 96.0. The molecule has 0 bridgehead atoms. The fourth-order valence-corrected chi connectivity index (χ4v) is 0.340. The maximum Gasteiger partial charge on any atom is 0 e. The Hall–Kier alpha value is 0.646. The van der Waals surface area contributed by atoms with Crippen molar-refractivity contribution in [3.8, 4) is 0 Å². The molecule has 3 nitrogen and oxygen atoms in total. The van der Waals surface area contributed by atoms with Crippen molar-refractivity contribution in [3.63, 3.8) is 0 Å². The normalized spacial score (nSPS) is 9.33. The van der Waals surface area contributed by atoms with Gasteiger partial charge in [-0.2, -0.15) is 6.08 Å². The average Bonchev–Trinajstić information content (AvgIpc) is 3.07. The first-order chi connectivity index (χ1) is 9.66. The van der Waals surface area contributed by atoms with Crippen molar-refractivity contribution in [1.82, 2.24) is 0 Å². The van der Waals surface area contributed by atoms with E-state index in [1.165, 1.54) is 0 Å². The number of aliphatic hydroxyl groups is 3. The zero-order chi connectivity index (χ0) is 16.5. The largest absolute Gasteiger partial charge is 0 e. The minimum Gasteiger partial charge on any atom is 0 e. The van der Waals surface area contributed by atoms with Crippen LogP contribution in [0.25, 0.3) is 0 Å². The van der Waals surface area contributed by atoms with E-state index in [-0.39, 0.29) is 26.2 Å². The Morgan fingerprint density at radius 3 is 1.29 bits per heavy atom. The van der Waals surface area contributed by atoms with E-state index in [0.29, 0.717) is 19.8 Å². The molecule has 7 heteroatoms. The summed E-state index contributed by atoms with van der Waals surface area (Å²) in [6.07, 6.45) is 12.6. The molecule has 1 radical (unpaired) electrons. The monoisotopic (exact) mass is 448 g/mol. The van der Waals surface area contributed by atoms with Gasteiger partial charge in [0, 0.05) is 46.0 Å². The van der Waals surface area contributed by atoms with Gasteiger partial charge in [-0.1, -0.05) is 20.8 Å². The van der Waals surface area contributed by atoms with Crippen LogP contribution < -0.4 is 0 Å². The molecule has 0 aromatic rings. The summed E-state index contributed by atoms with van der Waals surface area (Å²) < 4.78 is 19.6. The van der Waals surface area contributed by atoms with Gasteiger partial charge in [-0.3, -0.25) is 6.08 Å². The predicted octanol–water partition coefficient (Wildman–Crippen LogP) is 2.66. The van der Waals surface area contributed by atoms with Crippen LogP contribution in [0.1, 0.15) is 46.5 Å². The summed E-state index contributed by atoms with van der Waals surface area (Å²) in [4.78, 5) is 0. The summed E-state index contributed by atoms with van der Waals surface area (Å²) in [5, 5.41) is 23.6. The van der Waals surface area contributed by atoms with Crippen molar-refractivity contribution in [2.75, 3.05) is 19.8 Å². The number of hydrogen-bond donors (Lipinski definition) is 3. The van der Waals surface area contributed by atoms with Crippen molar-refractivity contribution in [2.45, 2.75) is 46.5 Å². The van der Waals surface area contributed by atoms with Crippen molar-refractivity contribution in [1.29, 1.82) is 0 Å². The zero-order valence-electron chi connectivity index (χ0n) is 13.4. The molecule has 0 amide bonds. The van der Waals surface area contributed by atoms with Crippen molar-refractivity contribution in [2.24, 2.45) is 0 Å². The van der Waals surface area contributed by atoms with Crippen molar-refractivity contribution in [3.05, 3.63) is 24.3 Å². The maximum absolute atomic E-state index is 9.78. The maximum atomic E-state index is 9.78. The van der Waals surface area contributed by atoms with Gasteiger partial charge >= 0.3 is 23.4 Å². The number of halogens is 2. The van der Waals surface area contributed by atoms with Gasteiger partial charge in [0.15, 0.2) is 0 Å². The van der Waals surface area contributed by atoms with E-state index in [1.807, 2.05) is 32.9 Å². The fraction of sp³-hybridized carbons (Fsp3) is 0.714. The number of hydrogen-bond acceptors (Lipinski definition) is 3. The Kier molecular flexibility index (Phi) is 79.0. The van der Waals surface area contributed by atoms with Gasteiger partial charge in [0.05, 0.1) is 0 Å². The number of allylic oxidation sites excluding steroid dienone is 4. The number of rotatable bonds is 3. The van der Waals surface area contributed by atoms with Crippen molar-refractivity contribution < 1.29 is 48.5 Å². The Morgan fingerprint density at radius 1 is 0.952 bits per heavy atom. The minimum absolute atomic E-state index is 0. The van der Waals surface area contributed by atoms with Gasteiger partial charge in [-0.25, -0.2) is 12.2 Å². The van der Waals surface area contributed by atoms with Crippen LogP contribution in [0.4, 0.5) is 7.00 Å². The molecule has 0 spiro atoms. The third-order valence-corrected chi connectivity index (χ3v) is 1.26. The Bertz CT molecular complexity index is 149. The standard InChI is InChI=1S/C5H5.3C3H8O.F2GeH.Zr/c1-2-4-5-3-1;3*1-2-3-4;1-3-2;/h1-3H,4H2;3*4H,2-3H2,1H3;3H;/q-1;;;;;. The van der Waals surface area contributed by atoms with Crippen LogP contribution in [0.2, 0.25) is 0 Å². The summed E-state index contributed by atoms with van der Waals surface area (Å²) in [6, 6.07) is 0. The van der Waals surface area contributed by atoms with Crippen LogP contribution in [-0.4, -0.2) is 51.5 Å². The van der Waals surface area contributed by atoms with E-state index in [2.05, 4.69) is 12.2 Å². The van der Waals surface area contributed by atoms with E-state index in [1.54, 1.807) is 0 Å². The summed E-state index contributed by atoms with van der Waals surface area (Å²) in [5.41, 5.74) is 0. The predicted molar refractivity (Wildman–Crippen MR) is 83.1 cm³/mol. The van der Waals surface area contributed by atoms with Crippen molar-refractivity contribution >= 4 is 16.4 Å². The third-order valence-electron chi connectivity index (χ3n) is 1.26. The summed E-state index contributed by atoms with van der Waals surface area (Å²) >= 11 is -2.69. The molecule has 3 N–H and O–H groups in total. The van der Waals surface area contributed by atoms with Gasteiger partial charge in [0.25, 0.3) is 0 Å². The molecular formula is C14H30F2GeO3Zr-. The first-order valence-corrected chi connectivity index (χ1v) is 8.55. The van der Waals surface area contributed by atoms with Crippen LogP contribution in [0.3, 0.4) is 0 Å². The molecular weight excluding hydrogens is 418 g/mol. The number of aliphatic hydroxyl groups excluding tert-OH is 3. The molecule has 21 heavy (non-hydrogen) atoms. The Balaban J connectivity index is -0.0000000508. The Labute approximate surface area is 155 Å². The summed E-state index contributed by atoms with van der Waals surface area (Å²) in [7, 11) is 0. The van der Waals surface area contributed by atoms with E-state index < -0.39 is 16.4 Å².